The van der Waals surface area contributed by atoms with Gasteiger partial charge in [0.05, 0.1) is 12.3 Å². The number of halogens is 3. The van der Waals surface area contributed by atoms with Crippen molar-refractivity contribution < 1.29 is 13.2 Å². The number of alkyl halides is 2. The lowest BCUT2D eigenvalue weighted by Crippen LogP contribution is -2.49. The zero-order valence-corrected chi connectivity index (χ0v) is 19.5. The first-order valence-electron chi connectivity index (χ1n) is 11.4. The van der Waals surface area contributed by atoms with E-state index < -0.39 is 12.2 Å². The molecule has 178 valence electrons. The molecule has 0 bridgehead atoms. The third-order valence-electron chi connectivity index (χ3n) is 6.45. The summed E-state index contributed by atoms with van der Waals surface area (Å²) in [6, 6.07) is 14.5. The van der Waals surface area contributed by atoms with Crippen molar-refractivity contribution in [1.82, 2.24) is 4.90 Å². The summed E-state index contributed by atoms with van der Waals surface area (Å²) in [5.74, 6) is 0.220. The molecule has 0 N–H and O–H groups in total. The summed E-state index contributed by atoms with van der Waals surface area (Å²) >= 11 is 0. The molecule has 0 saturated carbocycles. The Morgan fingerprint density at radius 2 is 1.79 bits per heavy atom. The van der Waals surface area contributed by atoms with Gasteiger partial charge in [0.2, 0.25) is 0 Å². The van der Waals surface area contributed by atoms with E-state index in [-0.39, 0.29) is 18.1 Å². The van der Waals surface area contributed by atoms with Crippen LogP contribution < -0.4 is 4.90 Å². The molecule has 4 rings (SSSR count). The average molecular weight is 467 g/mol. The lowest BCUT2D eigenvalue weighted by molar-refractivity contribution is 0.154. The molecule has 2 aliphatic heterocycles. The molecule has 2 aliphatic rings. The Balaban J connectivity index is 1.50. The van der Waals surface area contributed by atoms with Gasteiger partial charge in [-0.1, -0.05) is 57.3 Å². The Hall–Kier alpha value is -3.35. The number of nitrogens with zero attached hydrogens (tertiary/aromatic N) is 4. The predicted molar refractivity (Wildman–Crippen MR) is 132 cm³/mol. The molecule has 34 heavy (non-hydrogen) atoms. The second kappa shape index (κ2) is 9.87. The lowest BCUT2D eigenvalue weighted by Gasteiger charge is -2.46. The summed E-state index contributed by atoms with van der Waals surface area (Å²) in [6.45, 7) is 14.8. The van der Waals surface area contributed by atoms with Crippen molar-refractivity contribution in [3.05, 3.63) is 90.0 Å². The minimum Gasteiger partial charge on any atom is -0.374 e. The van der Waals surface area contributed by atoms with Gasteiger partial charge in [0.25, 0.3) is 6.43 Å². The van der Waals surface area contributed by atoms with Crippen LogP contribution in [0.2, 0.25) is 0 Å². The maximum Gasteiger partial charge on any atom is 0.278 e. The van der Waals surface area contributed by atoms with Crippen molar-refractivity contribution in [3.8, 4) is 0 Å². The Kier molecular flexibility index (Phi) is 6.91. The van der Waals surface area contributed by atoms with Crippen LogP contribution in [0.15, 0.2) is 83.3 Å². The number of benzene rings is 2. The van der Waals surface area contributed by atoms with Crippen LogP contribution >= 0.6 is 0 Å². The molecular formula is C27H29F3N4. The van der Waals surface area contributed by atoms with Gasteiger partial charge in [0.1, 0.15) is 11.5 Å². The van der Waals surface area contributed by atoms with E-state index in [1.165, 1.54) is 6.07 Å². The fourth-order valence-corrected chi connectivity index (χ4v) is 4.15. The number of likely N-dealkylation sites (tertiary alicyclic amines) is 1. The topological polar surface area (TPSA) is 31.2 Å². The van der Waals surface area contributed by atoms with Crippen molar-refractivity contribution in [2.75, 3.05) is 18.0 Å². The molecule has 2 heterocycles. The summed E-state index contributed by atoms with van der Waals surface area (Å²) in [6.07, 6.45) is -2.72. The number of allylic oxidation sites excluding steroid dienone is 1. The van der Waals surface area contributed by atoms with Gasteiger partial charge in [0.15, 0.2) is 0 Å². The fourth-order valence-electron chi connectivity index (χ4n) is 4.15. The zero-order valence-electron chi connectivity index (χ0n) is 19.5. The van der Waals surface area contributed by atoms with E-state index in [0.29, 0.717) is 29.3 Å². The van der Waals surface area contributed by atoms with Gasteiger partial charge in [-0.25, -0.2) is 13.2 Å². The van der Waals surface area contributed by atoms with Gasteiger partial charge in [-0.15, -0.1) is 0 Å². The summed E-state index contributed by atoms with van der Waals surface area (Å²) in [5.41, 5.74) is 4.00. The molecular weight excluding hydrogens is 437 g/mol. The number of hydrogen-bond donors (Lipinski definition) is 0. The van der Waals surface area contributed by atoms with Gasteiger partial charge in [-0.3, -0.25) is 0 Å². The molecule has 2 aromatic rings. The summed E-state index contributed by atoms with van der Waals surface area (Å²) < 4.78 is 40.9. The molecule has 7 heteroatoms. The van der Waals surface area contributed by atoms with Gasteiger partial charge < -0.3 is 9.80 Å². The maximum absolute atomic E-state index is 15.1. The summed E-state index contributed by atoms with van der Waals surface area (Å²) in [4.78, 5) is 4.31. The average Bonchev–Trinajstić information content (AvgIpc) is 3.28. The SMILES string of the molecule is C=C(C(C)C)N1CC(C(=C)N(Cc2ccc(C3=NN=C(C(F)F)C3)cc2F)c2ccccc2)C1. The molecule has 0 aromatic heterocycles. The van der Waals surface area contributed by atoms with Crippen molar-refractivity contribution >= 4 is 17.1 Å². The molecule has 0 aliphatic carbocycles. The van der Waals surface area contributed by atoms with Crippen molar-refractivity contribution in [2.45, 2.75) is 33.2 Å². The highest BCUT2D eigenvalue weighted by Gasteiger charge is 2.33. The van der Waals surface area contributed by atoms with Crippen LogP contribution in [0, 0.1) is 17.7 Å². The van der Waals surface area contributed by atoms with Gasteiger partial charge in [-0.2, -0.15) is 10.2 Å². The van der Waals surface area contributed by atoms with Crippen LogP contribution in [0.4, 0.5) is 18.9 Å². The highest BCUT2D eigenvalue weighted by Crippen LogP contribution is 2.33. The van der Waals surface area contributed by atoms with E-state index in [1.807, 2.05) is 35.2 Å². The van der Waals surface area contributed by atoms with Crippen LogP contribution in [0.3, 0.4) is 0 Å². The third kappa shape index (κ3) is 4.93. The van der Waals surface area contributed by atoms with Crippen molar-refractivity contribution in [1.29, 1.82) is 0 Å². The molecule has 0 atom stereocenters. The van der Waals surface area contributed by atoms with Crippen LogP contribution in [0.1, 0.15) is 31.4 Å². The smallest absolute Gasteiger partial charge is 0.278 e. The highest BCUT2D eigenvalue weighted by atomic mass is 19.3. The van der Waals surface area contributed by atoms with E-state index in [9.17, 15) is 8.78 Å². The first kappa shape index (κ1) is 23.8. The Morgan fingerprint density at radius 3 is 2.38 bits per heavy atom. The van der Waals surface area contributed by atoms with Crippen molar-refractivity contribution in [2.24, 2.45) is 22.0 Å². The standard InChI is InChI=1S/C27H29F3N4/c1-17(2)18(3)33-14-22(15-33)19(4)34(23-8-6-5-7-9-23)16-21-11-10-20(12-24(21)28)25-13-26(27(29)30)32-31-25/h5-12,17,22,27H,3-4,13-16H2,1-2H3. The molecule has 4 nitrogen and oxygen atoms in total. The second-order valence-corrected chi connectivity index (χ2v) is 9.08. The van der Waals surface area contributed by atoms with Crippen LogP contribution in [0.25, 0.3) is 0 Å². The molecule has 2 aromatic carbocycles. The minimum absolute atomic E-state index is 0.0662. The summed E-state index contributed by atoms with van der Waals surface area (Å²) in [7, 11) is 0. The third-order valence-corrected chi connectivity index (χ3v) is 6.45. The van der Waals surface area contributed by atoms with Crippen LogP contribution in [0.5, 0.6) is 0 Å². The fraction of sp³-hybridized carbons (Fsp3) is 0.333. The van der Waals surface area contributed by atoms with E-state index >= 15 is 4.39 Å². The molecule has 0 amide bonds. The summed E-state index contributed by atoms with van der Waals surface area (Å²) in [5, 5.41) is 7.34. The van der Waals surface area contributed by atoms with Crippen LogP contribution in [-0.2, 0) is 6.54 Å². The quantitative estimate of drug-likeness (QED) is 0.437. The number of para-hydroxylation sites is 1. The maximum atomic E-state index is 15.1. The van der Waals surface area contributed by atoms with Crippen molar-refractivity contribution in [3.63, 3.8) is 0 Å². The van der Waals surface area contributed by atoms with Gasteiger partial charge in [0, 0.05) is 53.6 Å². The zero-order chi connectivity index (χ0) is 24.4. The van der Waals surface area contributed by atoms with E-state index in [4.69, 9.17) is 0 Å². The Bertz CT molecular complexity index is 1130. The first-order valence-corrected chi connectivity index (χ1v) is 11.4. The minimum atomic E-state index is -2.66. The normalized spacial score (nSPS) is 15.9. The highest BCUT2D eigenvalue weighted by molar-refractivity contribution is 6.15. The molecule has 1 fully saturated rings. The van der Waals surface area contributed by atoms with Crippen LogP contribution in [-0.4, -0.2) is 35.8 Å². The second-order valence-electron chi connectivity index (χ2n) is 9.08. The van der Waals surface area contributed by atoms with Gasteiger partial charge in [-0.05, 0) is 24.1 Å². The number of hydrogen-bond acceptors (Lipinski definition) is 4. The molecule has 0 unspecified atom stereocenters. The number of anilines is 1. The largest absolute Gasteiger partial charge is 0.374 e. The molecule has 0 spiro atoms. The molecule has 1 saturated heterocycles. The van der Waals surface area contributed by atoms with Gasteiger partial charge >= 0.3 is 0 Å². The van der Waals surface area contributed by atoms with E-state index in [2.05, 4.69) is 42.1 Å². The Labute approximate surface area is 198 Å². The Morgan fingerprint density at radius 1 is 1.09 bits per heavy atom. The van der Waals surface area contributed by atoms with E-state index in [1.54, 1.807) is 12.1 Å². The predicted octanol–water partition coefficient (Wildman–Crippen LogP) is 6.26. The lowest BCUT2D eigenvalue weighted by atomic mass is 9.92. The molecule has 0 radical (unpaired) electrons. The number of rotatable bonds is 9. The first-order chi connectivity index (χ1) is 16.2. The monoisotopic (exact) mass is 466 g/mol. The van der Waals surface area contributed by atoms with E-state index in [0.717, 1.165) is 30.2 Å².